The van der Waals surface area contributed by atoms with Gasteiger partial charge >= 0.3 is 6.03 Å². The van der Waals surface area contributed by atoms with Crippen molar-refractivity contribution in [2.45, 2.75) is 62.9 Å². The van der Waals surface area contributed by atoms with Crippen molar-refractivity contribution in [2.24, 2.45) is 10.7 Å². The van der Waals surface area contributed by atoms with Crippen LogP contribution in [0.4, 0.5) is 4.79 Å². The predicted molar refractivity (Wildman–Crippen MR) is 83.3 cm³/mol. The van der Waals surface area contributed by atoms with Crippen LogP contribution in [0.3, 0.4) is 0 Å². The Morgan fingerprint density at radius 2 is 1.95 bits per heavy atom. The third kappa shape index (κ3) is 2.89. The Bertz CT molecular complexity index is 478. The van der Waals surface area contributed by atoms with E-state index < -0.39 is 5.54 Å². The largest absolute Gasteiger partial charge is 0.370 e. The Hall–Kier alpha value is -1.79. The van der Waals surface area contributed by atoms with Crippen molar-refractivity contribution >= 4 is 17.9 Å². The lowest BCUT2D eigenvalue weighted by Crippen LogP contribution is -2.44. The number of imide groups is 1. The monoisotopic (exact) mass is 307 g/mol. The highest BCUT2D eigenvalue weighted by molar-refractivity contribution is 6.07. The minimum atomic E-state index is -0.631. The number of carbonyl (C=O) groups is 2. The molecule has 22 heavy (non-hydrogen) atoms. The molecule has 2 saturated carbocycles. The van der Waals surface area contributed by atoms with E-state index in [4.69, 9.17) is 5.73 Å². The summed E-state index contributed by atoms with van der Waals surface area (Å²) in [4.78, 5) is 30.0. The molecule has 0 aromatic rings. The summed E-state index contributed by atoms with van der Waals surface area (Å²) < 4.78 is 0. The van der Waals surface area contributed by atoms with Crippen molar-refractivity contribution in [3.63, 3.8) is 0 Å². The van der Waals surface area contributed by atoms with Gasteiger partial charge in [-0.2, -0.15) is 0 Å². The average Bonchev–Trinajstić information content (AvgIpc) is 3.18. The quantitative estimate of drug-likeness (QED) is 0.404. The molecular formula is C15H25N5O2. The van der Waals surface area contributed by atoms with Gasteiger partial charge in [-0.05, 0) is 25.7 Å². The summed E-state index contributed by atoms with van der Waals surface area (Å²) in [6, 6.07) is 0.131. The van der Waals surface area contributed by atoms with E-state index in [0.717, 1.165) is 38.5 Å². The molecule has 3 fully saturated rings. The van der Waals surface area contributed by atoms with E-state index in [1.807, 2.05) is 0 Å². The summed E-state index contributed by atoms with van der Waals surface area (Å²) in [5.74, 6) is 0.321. The van der Waals surface area contributed by atoms with Crippen molar-refractivity contribution in [2.75, 3.05) is 13.1 Å². The van der Waals surface area contributed by atoms with E-state index in [-0.39, 0.29) is 11.9 Å². The number of nitrogens with two attached hydrogens (primary N) is 1. The molecule has 0 radical (unpaired) electrons. The van der Waals surface area contributed by atoms with Crippen LogP contribution >= 0.6 is 0 Å². The molecule has 0 aromatic carbocycles. The van der Waals surface area contributed by atoms with Crippen LogP contribution in [0.1, 0.15) is 51.4 Å². The van der Waals surface area contributed by atoms with Crippen molar-refractivity contribution in [3.8, 4) is 0 Å². The first-order valence-electron chi connectivity index (χ1n) is 8.31. The number of nitrogens with zero attached hydrogens (tertiary/aromatic N) is 2. The van der Waals surface area contributed by atoms with Crippen LogP contribution in [0.25, 0.3) is 0 Å². The van der Waals surface area contributed by atoms with Crippen LogP contribution in [0, 0.1) is 0 Å². The molecule has 1 saturated heterocycles. The third-order valence-electron chi connectivity index (χ3n) is 5.02. The molecule has 7 nitrogen and oxygen atoms in total. The van der Waals surface area contributed by atoms with Gasteiger partial charge in [-0.1, -0.05) is 25.7 Å². The number of hydrogen-bond donors (Lipinski definition) is 3. The highest BCUT2D eigenvalue weighted by Crippen LogP contribution is 2.34. The zero-order chi connectivity index (χ0) is 15.6. The zero-order valence-corrected chi connectivity index (χ0v) is 12.9. The molecule has 122 valence electrons. The molecule has 0 unspecified atom stereocenters. The van der Waals surface area contributed by atoms with Gasteiger partial charge in [-0.25, -0.2) is 4.79 Å². The van der Waals surface area contributed by atoms with Gasteiger partial charge in [0.15, 0.2) is 5.96 Å². The van der Waals surface area contributed by atoms with E-state index in [9.17, 15) is 9.59 Å². The van der Waals surface area contributed by atoms with Crippen molar-refractivity contribution in [1.29, 1.82) is 0 Å². The summed E-state index contributed by atoms with van der Waals surface area (Å²) in [5, 5.41) is 6.07. The van der Waals surface area contributed by atoms with Gasteiger partial charge in [0.2, 0.25) is 0 Å². The second-order valence-electron chi connectivity index (χ2n) is 6.57. The van der Waals surface area contributed by atoms with E-state index >= 15 is 0 Å². The van der Waals surface area contributed by atoms with Crippen molar-refractivity contribution < 1.29 is 9.59 Å². The minimum absolute atomic E-state index is 0.0903. The van der Waals surface area contributed by atoms with Crippen molar-refractivity contribution in [1.82, 2.24) is 15.5 Å². The van der Waals surface area contributed by atoms with Crippen LogP contribution < -0.4 is 16.4 Å². The van der Waals surface area contributed by atoms with Crippen LogP contribution in [-0.2, 0) is 4.79 Å². The maximum Gasteiger partial charge on any atom is 0.325 e. The molecule has 0 bridgehead atoms. The van der Waals surface area contributed by atoms with Crippen LogP contribution in [-0.4, -0.2) is 47.5 Å². The molecule has 1 heterocycles. The number of guanidine groups is 1. The molecule has 2 aliphatic carbocycles. The van der Waals surface area contributed by atoms with Gasteiger partial charge in [0, 0.05) is 6.04 Å². The first-order chi connectivity index (χ1) is 10.6. The number of aliphatic imine (C=N–C) groups is 1. The molecule has 1 aliphatic heterocycles. The summed E-state index contributed by atoms with van der Waals surface area (Å²) in [6.07, 6.45) is 8.22. The van der Waals surface area contributed by atoms with Gasteiger partial charge in [0.25, 0.3) is 5.91 Å². The second-order valence-corrected chi connectivity index (χ2v) is 6.57. The third-order valence-corrected chi connectivity index (χ3v) is 5.02. The highest BCUT2D eigenvalue weighted by atomic mass is 16.2. The molecule has 4 N–H and O–H groups in total. The first kappa shape index (κ1) is 15.1. The number of urea groups is 1. The number of carbonyl (C=O) groups excluding carboxylic acids is 2. The molecule has 3 rings (SSSR count). The maximum absolute atomic E-state index is 12.4. The first-order valence-corrected chi connectivity index (χ1v) is 8.31. The lowest BCUT2D eigenvalue weighted by molar-refractivity contribution is -0.131. The van der Waals surface area contributed by atoms with Gasteiger partial charge < -0.3 is 16.4 Å². The Morgan fingerprint density at radius 1 is 1.27 bits per heavy atom. The fourth-order valence-corrected chi connectivity index (χ4v) is 3.79. The highest BCUT2D eigenvalue weighted by Gasteiger charge is 2.52. The number of hydrogen-bond acceptors (Lipinski definition) is 3. The van der Waals surface area contributed by atoms with E-state index in [2.05, 4.69) is 15.6 Å². The van der Waals surface area contributed by atoms with Gasteiger partial charge in [0.1, 0.15) is 5.54 Å². The Morgan fingerprint density at radius 3 is 2.64 bits per heavy atom. The molecule has 7 heteroatoms. The molecule has 3 amide bonds. The second kappa shape index (κ2) is 6.14. The SMILES string of the molecule is NC(=NCCN1C(=O)NC2(CCCC2)C1=O)NC1CCCC1. The predicted octanol–water partition coefficient (Wildman–Crippen LogP) is 0.698. The summed E-state index contributed by atoms with van der Waals surface area (Å²) in [7, 11) is 0. The maximum atomic E-state index is 12.4. The molecular weight excluding hydrogens is 282 g/mol. The number of rotatable bonds is 4. The Labute approximate surface area is 130 Å². The minimum Gasteiger partial charge on any atom is -0.370 e. The molecule has 0 aromatic heterocycles. The number of amides is 3. The van der Waals surface area contributed by atoms with E-state index in [0.29, 0.717) is 25.1 Å². The standard InChI is InChI=1S/C15H25N5O2/c16-13(18-11-5-1-2-6-11)17-9-10-20-12(21)15(19-14(20)22)7-3-4-8-15/h11H,1-10H2,(H,19,22)(H3,16,17,18). The Kier molecular flexibility index (Phi) is 4.22. The number of nitrogens with one attached hydrogen (secondary N) is 2. The zero-order valence-electron chi connectivity index (χ0n) is 12.9. The summed E-state index contributed by atoms with van der Waals surface area (Å²) in [6.45, 7) is 0.639. The van der Waals surface area contributed by atoms with Crippen LogP contribution in [0.2, 0.25) is 0 Å². The lowest BCUT2D eigenvalue weighted by Gasteiger charge is -2.19. The van der Waals surface area contributed by atoms with E-state index in [1.54, 1.807) is 0 Å². The normalized spacial score (nSPS) is 25.3. The van der Waals surface area contributed by atoms with Gasteiger partial charge in [0.05, 0.1) is 13.1 Å². The average molecular weight is 307 g/mol. The van der Waals surface area contributed by atoms with Gasteiger partial charge in [-0.15, -0.1) is 0 Å². The van der Waals surface area contributed by atoms with Crippen molar-refractivity contribution in [3.05, 3.63) is 0 Å². The smallest absolute Gasteiger partial charge is 0.325 e. The van der Waals surface area contributed by atoms with Crippen LogP contribution in [0.15, 0.2) is 4.99 Å². The van der Waals surface area contributed by atoms with Crippen LogP contribution in [0.5, 0.6) is 0 Å². The van der Waals surface area contributed by atoms with Gasteiger partial charge in [-0.3, -0.25) is 14.7 Å². The topological polar surface area (TPSA) is 99.8 Å². The van der Waals surface area contributed by atoms with E-state index in [1.165, 1.54) is 17.7 Å². The Balaban J connectivity index is 1.50. The summed E-state index contributed by atoms with van der Waals surface area (Å²) >= 11 is 0. The molecule has 1 spiro atoms. The fraction of sp³-hybridized carbons (Fsp3) is 0.800. The molecule has 3 aliphatic rings. The molecule has 0 atom stereocenters. The lowest BCUT2D eigenvalue weighted by atomic mass is 9.98. The fourth-order valence-electron chi connectivity index (χ4n) is 3.79. The summed E-state index contributed by atoms with van der Waals surface area (Å²) in [5.41, 5.74) is 5.23.